The summed E-state index contributed by atoms with van der Waals surface area (Å²) < 4.78 is 15.4. The largest absolute Gasteiger partial charge is 0.497 e. The molecular weight excluding hydrogens is 372 g/mol. The quantitative estimate of drug-likeness (QED) is 0.267. The van der Waals surface area contributed by atoms with Crippen molar-refractivity contribution in [3.8, 4) is 11.5 Å². The second-order valence-corrected chi connectivity index (χ2v) is 7.03. The first kappa shape index (κ1) is 22.6. The molecule has 8 nitrogen and oxygen atoms in total. The number of unbranched alkanes of at least 4 members (excludes halogenated alkanes) is 2. The van der Waals surface area contributed by atoms with Crippen LogP contribution < -0.4 is 25.0 Å². The van der Waals surface area contributed by atoms with Crippen molar-refractivity contribution in [1.82, 2.24) is 10.6 Å². The molecule has 0 amide bonds. The number of aliphatic imine (C=N–C) groups is 1. The number of guanidine groups is 1. The maximum absolute atomic E-state index is 11.1. The number of carbonyl (C=O) groups excluding carboxylic acids is 1. The van der Waals surface area contributed by atoms with Crippen molar-refractivity contribution in [2.24, 2.45) is 4.99 Å². The number of ether oxygens (including phenoxy) is 3. The Kier molecular flexibility index (Phi) is 9.40. The average Bonchev–Trinajstić information content (AvgIpc) is 3.23. The van der Waals surface area contributed by atoms with Gasteiger partial charge in [0.25, 0.3) is 0 Å². The molecule has 0 aliphatic carbocycles. The van der Waals surface area contributed by atoms with Crippen LogP contribution in [0.25, 0.3) is 0 Å². The number of hydrogen-bond acceptors (Lipinski definition) is 6. The number of benzene rings is 1. The summed E-state index contributed by atoms with van der Waals surface area (Å²) in [5.74, 6) is 2.25. The monoisotopic (exact) mass is 406 g/mol. The lowest BCUT2D eigenvalue weighted by atomic mass is 10.2. The summed E-state index contributed by atoms with van der Waals surface area (Å²) in [5.41, 5.74) is 1.10. The molecule has 1 atom stereocenters. The molecule has 162 valence electrons. The average molecular weight is 407 g/mol. The van der Waals surface area contributed by atoms with E-state index in [1.54, 1.807) is 21.3 Å². The van der Waals surface area contributed by atoms with Gasteiger partial charge in [-0.2, -0.15) is 0 Å². The van der Waals surface area contributed by atoms with Crippen LogP contribution in [0.15, 0.2) is 23.2 Å². The molecule has 1 saturated heterocycles. The van der Waals surface area contributed by atoms with Gasteiger partial charge >= 0.3 is 5.97 Å². The van der Waals surface area contributed by atoms with Crippen LogP contribution in [0.3, 0.4) is 0 Å². The van der Waals surface area contributed by atoms with E-state index >= 15 is 0 Å². The third kappa shape index (κ3) is 7.36. The number of nitrogens with one attached hydrogen (secondary N) is 2. The summed E-state index contributed by atoms with van der Waals surface area (Å²) in [6.07, 6.45) is 4.32. The predicted octanol–water partition coefficient (Wildman–Crippen LogP) is 2.18. The third-order valence-electron chi connectivity index (χ3n) is 5.03. The fraction of sp³-hybridized carbons (Fsp3) is 0.619. The number of esters is 1. The minimum absolute atomic E-state index is 0.144. The first-order valence-electron chi connectivity index (χ1n) is 10.1. The van der Waals surface area contributed by atoms with E-state index in [1.807, 2.05) is 18.2 Å². The van der Waals surface area contributed by atoms with Gasteiger partial charge in [0, 0.05) is 63.0 Å². The second kappa shape index (κ2) is 12.0. The van der Waals surface area contributed by atoms with E-state index < -0.39 is 0 Å². The van der Waals surface area contributed by atoms with Crippen molar-refractivity contribution in [1.29, 1.82) is 0 Å². The van der Waals surface area contributed by atoms with Crippen LogP contribution in [0, 0.1) is 0 Å². The van der Waals surface area contributed by atoms with Gasteiger partial charge in [-0.3, -0.25) is 9.79 Å². The van der Waals surface area contributed by atoms with E-state index in [2.05, 4.69) is 25.3 Å². The molecule has 29 heavy (non-hydrogen) atoms. The molecule has 2 rings (SSSR count). The fourth-order valence-electron chi connectivity index (χ4n) is 3.36. The molecule has 0 radical (unpaired) electrons. The van der Waals surface area contributed by atoms with Crippen LogP contribution in [-0.2, 0) is 9.53 Å². The Morgan fingerprint density at radius 2 is 1.86 bits per heavy atom. The number of carbonyl (C=O) groups is 1. The van der Waals surface area contributed by atoms with E-state index in [0.717, 1.165) is 68.5 Å². The van der Waals surface area contributed by atoms with Crippen LogP contribution >= 0.6 is 0 Å². The summed E-state index contributed by atoms with van der Waals surface area (Å²) in [4.78, 5) is 17.8. The van der Waals surface area contributed by atoms with Crippen LogP contribution in [0.1, 0.15) is 32.1 Å². The van der Waals surface area contributed by atoms with E-state index in [0.29, 0.717) is 12.5 Å². The van der Waals surface area contributed by atoms with Crippen molar-refractivity contribution in [3.05, 3.63) is 18.2 Å². The standard InChI is InChI=1S/C21H34N4O4/c1-22-21(23-10-7-5-6-8-20(26)29-4)24-16-9-11-25(15-16)17-12-18(27-2)14-19(13-17)28-3/h12-14,16H,5-11,15H2,1-4H3,(H2,22,23,24). The summed E-state index contributed by atoms with van der Waals surface area (Å²) in [6, 6.07) is 6.27. The van der Waals surface area contributed by atoms with Crippen molar-refractivity contribution in [2.75, 3.05) is 52.9 Å². The zero-order valence-corrected chi connectivity index (χ0v) is 18.0. The van der Waals surface area contributed by atoms with E-state index in [9.17, 15) is 4.79 Å². The summed E-state index contributed by atoms with van der Waals surface area (Å²) >= 11 is 0. The van der Waals surface area contributed by atoms with Gasteiger partial charge in [-0.05, 0) is 19.3 Å². The van der Waals surface area contributed by atoms with Gasteiger partial charge in [-0.15, -0.1) is 0 Å². The van der Waals surface area contributed by atoms with E-state index in [-0.39, 0.29) is 5.97 Å². The molecule has 1 fully saturated rings. The normalized spacial score (nSPS) is 16.5. The van der Waals surface area contributed by atoms with Gasteiger partial charge in [0.15, 0.2) is 5.96 Å². The zero-order valence-electron chi connectivity index (χ0n) is 18.0. The highest BCUT2D eigenvalue weighted by atomic mass is 16.5. The molecule has 1 aliphatic heterocycles. The van der Waals surface area contributed by atoms with Gasteiger partial charge < -0.3 is 29.7 Å². The minimum atomic E-state index is -0.144. The third-order valence-corrected chi connectivity index (χ3v) is 5.03. The minimum Gasteiger partial charge on any atom is -0.497 e. The number of rotatable bonds is 10. The predicted molar refractivity (Wildman–Crippen MR) is 115 cm³/mol. The van der Waals surface area contributed by atoms with Gasteiger partial charge in [0.1, 0.15) is 11.5 Å². The molecule has 1 aliphatic rings. The number of anilines is 1. The van der Waals surface area contributed by atoms with Gasteiger partial charge in [-0.1, -0.05) is 6.42 Å². The molecule has 8 heteroatoms. The van der Waals surface area contributed by atoms with E-state index in [4.69, 9.17) is 9.47 Å². The molecule has 1 aromatic carbocycles. The van der Waals surface area contributed by atoms with Gasteiger partial charge in [-0.25, -0.2) is 0 Å². The van der Waals surface area contributed by atoms with Gasteiger partial charge in [0.05, 0.1) is 21.3 Å². The molecule has 1 unspecified atom stereocenters. The molecule has 0 bridgehead atoms. The number of hydrogen-bond donors (Lipinski definition) is 2. The Morgan fingerprint density at radius 1 is 1.14 bits per heavy atom. The van der Waals surface area contributed by atoms with Crippen molar-refractivity contribution >= 4 is 17.6 Å². The van der Waals surface area contributed by atoms with Crippen LogP contribution in [-0.4, -0.2) is 66.0 Å². The molecule has 0 aromatic heterocycles. The molecule has 1 aromatic rings. The van der Waals surface area contributed by atoms with Crippen molar-refractivity contribution in [2.45, 2.75) is 38.1 Å². The summed E-state index contributed by atoms with van der Waals surface area (Å²) in [6.45, 7) is 2.67. The molecular formula is C21H34N4O4. The first-order valence-corrected chi connectivity index (χ1v) is 10.1. The summed E-state index contributed by atoms with van der Waals surface area (Å²) in [7, 11) is 6.54. The van der Waals surface area contributed by atoms with Crippen LogP contribution in [0.4, 0.5) is 5.69 Å². The number of methoxy groups -OCH3 is 3. The molecule has 2 N–H and O–H groups in total. The molecule has 0 saturated carbocycles. The Labute approximate surface area is 173 Å². The molecule has 1 heterocycles. The van der Waals surface area contributed by atoms with Crippen molar-refractivity contribution < 1.29 is 19.0 Å². The summed E-state index contributed by atoms with van der Waals surface area (Å²) in [5, 5.41) is 6.86. The maximum atomic E-state index is 11.1. The lowest BCUT2D eigenvalue weighted by molar-refractivity contribution is -0.140. The maximum Gasteiger partial charge on any atom is 0.305 e. The number of nitrogens with zero attached hydrogens (tertiary/aromatic N) is 2. The Bertz CT molecular complexity index is 658. The first-order chi connectivity index (χ1) is 14.1. The van der Waals surface area contributed by atoms with Crippen molar-refractivity contribution in [3.63, 3.8) is 0 Å². The second-order valence-electron chi connectivity index (χ2n) is 7.03. The Hall–Kier alpha value is -2.64. The zero-order chi connectivity index (χ0) is 21.1. The Balaban J connectivity index is 1.76. The van der Waals surface area contributed by atoms with Gasteiger partial charge in [0.2, 0.25) is 0 Å². The smallest absolute Gasteiger partial charge is 0.305 e. The lowest BCUT2D eigenvalue weighted by Crippen LogP contribution is -2.44. The lowest BCUT2D eigenvalue weighted by Gasteiger charge is -2.21. The highest BCUT2D eigenvalue weighted by molar-refractivity contribution is 5.80. The highest BCUT2D eigenvalue weighted by Crippen LogP contribution is 2.30. The topological polar surface area (TPSA) is 84.4 Å². The fourth-order valence-corrected chi connectivity index (χ4v) is 3.36. The van der Waals surface area contributed by atoms with Crippen LogP contribution in [0.5, 0.6) is 11.5 Å². The van der Waals surface area contributed by atoms with Crippen LogP contribution in [0.2, 0.25) is 0 Å². The SMILES string of the molecule is CN=C(NCCCCCC(=O)OC)NC1CCN(c2cc(OC)cc(OC)c2)C1. The van der Waals surface area contributed by atoms with E-state index in [1.165, 1.54) is 7.11 Å². The molecule has 0 spiro atoms. The highest BCUT2D eigenvalue weighted by Gasteiger charge is 2.24. The Morgan fingerprint density at radius 3 is 2.48 bits per heavy atom.